The van der Waals surface area contributed by atoms with Gasteiger partial charge in [0.2, 0.25) is 0 Å². The van der Waals surface area contributed by atoms with Crippen molar-refractivity contribution in [3.63, 3.8) is 0 Å². The van der Waals surface area contributed by atoms with Gasteiger partial charge in [0.1, 0.15) is 0 Å². The van der Waals surface area contributed by atoms with Gasteiger partial charge >= 0.3 is 0 Å². The third kappa shape index (κ3) is 2.61. The Morgan fingerprint density at radius 1 is 1.10 bits per heavy atom. The number of ether oxygens (including phenoxy) is 2. The zero-order valence-corrected chi connectivity index (χ0v) is 13.3. The summed E-state index contributed by atoms with van der Waals surface area (Å²) in [5, 5.41) is 3.69. The van der Waals surface area contributed by atoms with Crippen LogP contribution >= 0.6 is 0 Å². The zero-order valence-electron chi connectivity index (χ0n) is 13.3. The van der Waals surface area contributed by atoms with Crippen molar-refractivity contribution in [3.05, 3.63) is 29.8 Å². The number of nitrogens with one attached hydrogen (secondary N) is 1. The highest BCUT2D eigenvalue weighted by molar-refractivity contribution is 5.60. The standard InChI is InChI=1S/C18H25NO2/c1-11-7-17(20-3)18(21-4)10-16(11)19-12(2)15-9-13-5-6-14(15)8-13/h5-7,10,12-15,19H,8-9H2,1-4H3. The van der Waals surface area contributed by atoms with Gasteiger partial charge in [-0.2, -0.15) is 0 Å². The molecule has 0 heterocycles. The Labute approximate surface area is 127 Å². The van der Waals surface area contributed by atoms with Crippen LogP contribution < -0.4 is 14.8 Å². The van der Waals surface area contributed by atoms with Gasteiger partial charge in [-0.1, -0.05) is 12.2 Å². The van der Waals surface area contributed by atoms with Gasteiger partial charge < -0.3 is 14.8 Å². The third-order valence-corrected chi connectivity index (χ3v) is 5.09. The van der Waals surface area contributed by atoms with Crippen molar-refractivity contribution in [3.8, 4) is 11.5 Å². The van der Waals surface area contributed by atoms with Crippen molar-refractivity contribution < 1.29 is 9.47 Å². The van der Waals surface area contributed by atoms with E-state index in [4.69, 9.17) is 9.47 Å². The Hall–Kier alpha value is -1.64. The molecule has 0 radical (unpaired) electrons. The first-order chi connectivity index (χ1) is 10.1. The number of fused-ring (bicyclic) bond motifs is 2. The average Bonchev–Trinajstić information content (AvgIpc) is 3.11. The number of benzene rings is 1. The summed E-state index contributed by atoms with van der Waals surface area (Å²) in [5.74, 6) is 3.89. The fourth-order valence-electron chi connectivity index (χ4n) is 3.89. The van der Waals surface area contributed by atoms with E-state index in [0.717, 1.165) is 34.9 Å². The SMILES string of the molecule is COc1cc(C)c(NC(C)C2CC3C=CC2C3)cc1OC. The fraction of sp³-hybridized carbons (Fsp3) is 0.556. The molecule has 2 bridgehead atoms. The van der Waals surface area contributed by atoms with Gasteiger partial charge in [0, 0.05) is 17.8 Å². The molecule has 3 rings (SSSR count). The predicted molar refractivity (Wildman–Crippen MR) is 86.2 cm³/mol. The Morgan fingerprint density at radius 3 is 2.38 bits per heavy atom. The van der Waals surface area contributed by atoms with Crippen LogP contribution in [0.2, 0.25) is 0 Å². The highest BCUT2D eigenvalue weighted by Gasteiger charge is 2.38. The van der Waals surface area contributed by atoms with E-state index in [2.05, 4.69) is 31.3 Å². The van der Waals surface area contributed by atoms with Crippen LogP contribution in [0.5, 0.6) is 11.5 Å². The number of rotatable bonds is 5. The predicted octanol–water partition coefficient (Wildman–Crippen LogP) is 4.02. The first kappa shape index (κ1) is 14.3. The molecule has 4 atom stereocenters. The highest BCUT2D eigenvalue weighted by Crippen LogP contribution is 2.45. The Kier molecular flexibility index (Phi) is 3.83. The van der Waals surface area contributed by atoms with Crippen molar-refractivity contribution in [2.75, 3.05) is 19.5 Å². The summed E-state index contributed by atoms with van der Waals surface area (Å²) in [6, 6.07) is 4.56. The molecule has 1 saturated carbocycles. The molecule has 3 nitrogen and oxygen atoms in total. The van der Waals surface area contributed by atoms with Crippen molar-refractivity contribution in [1.82, 2.24) is 0 Å². The Morgan fingerprint density at radius 2 is 1.81 bits per heavy atom. The zero-order chi connectivity index (χ0) is 15.0. The van der Waals surface area contributed by atoms with Crippen LogP contribution in [0.1, 0.15) is 25.3 Å². The van der Waals surface area contributed by atoms with Crippen LogP contribution in [0.4, 0.5) is 5.69 Å². The summed E-state index contributed by atoms with van der Waals surface area (Å²) < 4.78 is 10.8. The van der Waals surface area contributed by atoms with Gasteiger partial charge in [-0.15, -0.1) is 0 Å². The van der Waals surface area contributed by atoms with E-state index in [9.17, 15) is 0 Å². The fourth-order valence-corrected chi connectivity index (χ4v) is 3.89. The molecular weight excluding hydrogens is 262 g/mol. The molecule has 0 spiro atoms. The maximum atomic E-state index is 5.41. The van der Waals surface area contributed by atoms with E-state index in [1.807, 2.05) is 12.1 Å². The average molecular weight is 287 g/mol. The number of aryl methyl sites for hydroxylation is 1. The van der Waals surface area contributed by atoms with Crippen molar-refractivity contribution in [1.29, 1.82) is 0 Å². The number of hydrogen-bond donors (Lipinski definition) is 1. The molecule has 0 saturated heterocycles. The second-order valence-electron chi connectivity index (χ2n) is 6.40. The molecule has 0 amide bonds. The lowest BCUT2D eigenvalue weighted by molar-refractivity contribution is 0.354. The molecule has 3 heteroatoms. The first-order valence-electron chi connectivity index (χ1n) is 7.80. The number of anilines is 1. The van der Waals surface area contributed by atoms with Crippen LogP contribution in [0.3, 0.4) is 0 Å². The second-order valence-corrected chi connectivity index (χ2v) is 6.40. The van der Waals surface area contributed by atoms with Crippen LogP contribution in [0, 0.1) is 24.7 Å². The summed E-state index contributed by atoms with van der Waals surface area (Å²) in [7, 11) is 3.36. The largest absolute Gasteiger partial charge is 0.493 e. The van der Waals surface area contributed by atoms with Crippen LogP contribution in [0.25, 0.3) is 0 Å². The van der Waals surface area contributed by atoms with Crippen LogP contribution in [0.15, 0.2) is 24.3 Å². The number of hydrogen-bond acceptors (Lipinski definition) is 3. The van der Waals surface area contributed by atoms with Crippen LogP contribution in [-0.2, 0) is 0 Å². The van der Waals surface area contributed by atoms with E-state index in [1.165, 1.54) is 18.4 Å². The Balaban J connectivity index is 1.76. The minimum absolute atomic E-state index is 0.474. The Bertz CT molecular complexity index is 552. The van der Waals surface area contributed by atoms with Gasteiger partial charge in [0.05, 0.1) is 14.2 Å². The monoisotopic (exact) mass is 287 g/mol. The quantitative estimate of drug-likeness (QED) is 0.830. The molecule has 2 aliphatic rings. The lowest BCUT2D eigenvalue weighted by atomic mass is 9.87. The maximum Gasteiger partial charge on any atom is 0.162 e. The molecule has 2 aliphatic carbocycles. The maximum absolute atomic E-state index is 5.41. The molecule has 0 aliphatic heterocycles. The van der Waals surface area contributed by atoms with Crippen molar-refractivity contribution >= 4 is 5.69 Å². The molecule has 1 fully saturated rings. The molecule has 21 heavy (non-hydrogen) atoms. The minimum atomic E-state index is 0.474. The van der Waals surface area contributed by atoms with E-state index in [1.54, 1.807) is 14.2 Å². The van der Waals surface area contributed by atoms with Gasteiger partial charge in [-0.3, -0.25) is 0 Å². The number of methoxy groups -OCH3 is 2. The summed E-state index contributed by atoms with van der Waals surface area (Å²) in [6.45, 7) is 4.41. The highest BCUT2D eigenvalue weighted by atomic mass is 16.5. The lowest BCUT2D eigenvalue weighted by Gasteiger charge is -2.28. The van der Waals surface area contributed by atoms with Gasteiger partial charge in [0.25, 0.3) is 0 Å². The summed E-state index contributed by atoms with van der Waals surface area (Å²) in [4.78, 5) is 0. The molecule has 1 aromatic carbocycles. The third-order valence-electron chi connectivity index (χ3n) is 5.09. The molecule has 0 aromatic heterocycles. The van der Waals surface area contributed by atoms with E-state index in [-0.39, 0.29) is 0 Å². The van der Waals surface area contributed by atoms with Gasteiger partial charge in [-0.05, 0) is 56.1 Å². The topological polar surface area (TPSA) is 30.5 Å². The van der Waals surface area contributed by atoms with Gasteiger partial charge in [-0.25, -0.2) is 0 Å². The van der Waals surface area contributed by atoms with Crippen LogP contribution in [-0.4, -0.2) is 20.3 Å². The summed E-state index contributed by atoms with van der Waals surface area (Å²) >= 11 is 0. The van der Waals surface area contributed by atoms with E-state index in [0.29, 0.717) is 6.04 Å². The minimum Gasteiger partial charge on any atom is -0.493 e. The molecule has 4 unspecified atom stereocenters. The molecule has 1 N–H and O–H groups in total. The second kappa shape index (κ2) is 5.63. The number of allylic oxidation sites excluding steroid dienone is 2. The normalized spacial score (nSPS) is 27.7. The molecule has 114 valence electrons. The summed E-state index contributed by atoms with van der Waals surface area (Å²) in [6.07, 6.45) is 7.48. The van der Waals surface area contributed by atoms with Crippen molar-refractivity contribution in [2.24, 2.45) is 17.8 Å². The van der Waals surface area contributed by atoms with E-state index < -0.39 is 0 Å². The smallest absolute Gasteiger partial charge is 0.162 e. The lowest BCUT2D eigenvalue weighted by Crippen LogP contribution is -2.29. The molecule has 1 aromatic rings. The molecular formula is C18H25NO2. The van der Waals surface area contributed by atoms with Crippen molar-refractivity contribution in [2.45, 2.75) is 32.7 Å². The van der Waals surface area contributed by atoms with Gasteiger partial charge in [0.15, 0.2) is 11.5 Å². The first-order valence-corrected chi connectivity index (χ1v) is 7.80. The summed E-state index contributed by atoms with van der Waals surface area (Å²) in [5.41, 5.74) is 2.34. The van der Waals surface area contributed by atoms with E-state index >= 15 is 0 Å².